The molecule has 2 aromatic rings. The molecule has 0 atom stereocenters. The zero-order valence-corrected chi connectivity index (χ0v) is 19.9. The molecule has 33 heavy (non-hydrogen) atoms. The number of para-hydroxylation sites is 1. The Morgan fingerprint density at radius 2 is 1.88 bits per heavy atom. The highest BCUT2D eigenvalue weighted by atomic mass is 32.2. The lowest BCUT2D eigenvalue weighted by atomic mass is 10.1. The topological polar surface area (TPSA) is 114 Å². The van der Waals surface area contributed by atoms with E-state index in [1.807, 2.05) is 6.07 Å². The first-order valence-corrected chi connectivity index (χ1v) is 12.8. The first-order chi connectivity index (χ1) is 15.7. The van der Waals surface area contributed by atoms with Gasteiger partial charge in [0.1, 0.15) is 11.4 Å². The number of ether oxygens (including phenoxy) is 1. The van der Waals surface area contributed by atoms with Gasteiger partial charge < -0.3 is 15.0 Å². The van der Waals surface area contributed by atoms with Gasteiger partial charge in [0.2, 0.25) is 10.0 Å². The number of sulfonamides is 1. The molecule has 2 heterocycles. The summed E-state index contributed by atoms with van der Waals surface area (Å²) >= 11 is 0. The van der Waals surface area contributed by atoms with Crippen LogP contribution in [-0.4, -0.2) is 78.8 Å². The number of carbonyl (C=O) groups is 2. The molecule has 10 nitrogen and oxygen atoms in total. The van der Waals surface area contributed by atoms with E-state index in [-0.39, 0.29) is 31.4 Å². The van der Waals surface area contributed by atoms with Crippen LogP contribution in [-0.2, 0) is 23.6 Å². The lowest BCUT2D eigenvalue weighted by Gasteiger charge is -2.33. The number of hydrogen-bond acceptors (Lipinski definition) is 6. The molecule has 1 aromatic carbocycles. The Kier molecular flexibility index (Phi) is 6.44. The van der Waals surface area contributed by atoms with E-state index < -0.39 is 10.0 Å². The summed E-state index contributed by atoms with van der Waals surface area (Å²) < 4.78 is 32.0. The van der Waals surface area contributed by atoms with Gasteiger partial charge in [-0.1, -0.05) is 12.1 Å². The number of hydrogen-bond donors (Lipinski definition) is 1. The fraction of sp³-hybridized carbons (Fsp3) is 0.500. The molecular weight excluding hydrogens is 446 g/mol. The fourth-order valence-electron chi connectivity index (χ4n) is 4.07. The van der Waals surface area contributed by atoms with Gasteiger partial charge in [-0.25, -0.2) is 8.42 Å². The van der Waals surface area contributed by atoms with Crippen molar-refractivity contribution in [3.63, 3.8) is 0 Å². The van der Waals surface area contributed by atoms with Gasteiger partial charge in [-0.3, -0.25) is 14.3 Å². The lowest BCUT2D eigenvalue weighted by Crippen LogP contribution is -2.50. The molecular formula is C22H29N5O5S. The fourth-order valence-corrected chi connectivity index (χ4v) is 4.90. The quantitative estimate of drug-likeness (QED) is 0.638. The van der Waals surface area contributed by atoms with Crippen LogP contribution in [0.1, 0.15) is 50.9 Å². The van der Waals surface area contributed by atoms with Gasteiger partial charge in [0.05, 0.1) is 24.6 Å². The van der Waals surface area contributed by atoms with E-state index in [2.05, 4.69) is 10.4 Å². The number of benzene rings is 1. The van der Waals surface area contributed by atoms with Crippen LogP contribution in [0.3, 0.4) is 0 Å². The highest BCUT2D eigenvalue weighted by molar-refractivity contribution is 7.88. The van der Waals surface area contributed by atoms with Gasteiger partial charge in [-0.05, 0) is 25.0 Å². The summed E-state index contributed by atoms with van der Waals surface area (Å²) in [6, 6.07) is 7.06. The molecule has 1 aliphatic heterocycles. The Hall–Kier alpha value is -2.92. The van der Waals surface area contributed by atoms with E-state index in [1.165, 1.54) is 17.7 Å². The van der Waals surface area contributed by atoms with Crippen molar-refractivity contribution in [2.45, 2.75) is 25.3 Å². The standard InChI is InChI=1S/C22H29N5O5S/c1-25-19(13-18(24-25)15-7-8-15)21(28)23-14-16-5-4-6-17(20(16)32-2)22(29)26-9-11-27(12-10-26)33(3,30)31/h4-6,13,15H,7-12,14H2,1-3H3,(H,23,28). The van der Waals surface area contributed by atoms with Gasteiger partial charge in [-0.15, -0.1) is 0 Å². The summed E-state index contributed by atoms with van der Waals surface area (Å²) in [7, 11) is -0.0340. The van der Waals surface area contributed by atoms with Crippen molar-refractivity contribution in [2.24, 2.45) is 7.05 Å². The zero-order chi connectivity index (χ0) is 23.8. The molecule has 0 spiro atoms. The molecule has 1 N–H and O–H groups in total. The molecule has 2 fully saturated rings. The zero-order valence-electron chi connectivity index (χ0n) is 19.1. The molecule has 1 saturated carbocycles. The van der Waals surface area contributed by atoms with Gasteiger partial charge in [0, 0.05) is 51.3 Å². The number of nitrogens with one attached hydrogen (secondary N) is 1. The monoisotopic (exact) mass is 475 g/mol. The Bertz CT molecular complexity index is 1160. The third kappa shape index (κ3) is 5.03. The molecule has 0 bridgehead atoms. The average molecular weight is 476 g/mol. The summed E-state index contributed by atoms with van der Waals surface area (Å²) in [6.45, 7) is 1.32. The smallest absolute Gasteiger partial charge is 0.269 e. The molecule has 1 saturated heterocycles. The van der Waals surface area contributed by atoms with Crippen LogP contribution in [0.15, 0.2) is 24.3 Å². The van der Waals surface area contributed by atoms with Gasteiger partial charge in [0.25, 0.3) is 11.8 Å². The number of methoxy groups -OCH3 is 1. The minimum absolute atomic E-state index is 0.189. The number of aromatic nitrogens is 2. The second kappa shape index (κ2) is 9.14. The van der Waals surface area contributed by atoms with Crippen LogP contribution >= 0.6 is 0 Å². The molecule has 2 aliphatic rings. The third-order valence-corrected chi connectivity index (χ3v) is 7.40. The van der Waals surface area contributed by atoms with Crippen LogP contribution in [0.25, 0.3) is 0 Å². The second-order valence-corrected chi connectivity index (χ2v) is 10.5. The minimum atomic E-state index is -3.28. The van der Waals surface area contributed by atoms with Gasteiger partial charge in [-0.2, -0.15) is 9.40 Å². The minimum Gasteiger partial charge on any atom is -0.496 e. The largest absolute Gasteiger partial charge is 0.496 e. The normalized spacial score (nSPS) is 17.1. The van der Waals surface area contributed by atoms with E-state index in [9.17, 15) is 18.0 Å². The first-order valence-electron chi connectivity index (χ1n) is 10.9. The molecule has 0 unspecified atom stereocenters. The number of carbonyl (C=O) groups excluding carboxylic acids is 2. The summed E-state index contributed by atoms with van der Waals surface area (Å²) in [5.41, 5.74) is 2.50. The Morgan fingerprint density at radius 3 is 2.48 bits per heavy atom. The Morgan fingerprint density at radius 1 is 1.18 bits per heavy atom. The number of rotatable bonds is 7. The predicted octanol–water partition coefficient (Wildman–Crippen LogP) is 0.954. The highest BCUT2D eigenvalue weighted by Crippen LogP contribution is 2.39. The van der Waals surface area contributed by atoms with E-state index in [4.69, 9.17) is 4.74 Å². The van der Waals surface area contributed by atoms with Crippen molar-refractivity contribution >= 4 is 21.8 Å². The maximum absolute atomic E-state index is 13.1. The Labute approximate surface area is 193 Å². The van der Waals surface area contributed by atoms with Crippen molar-refractivity contribution in [3.8, 4) is 5.75 Å². The van der Waals surface area contributed by atoms with Crippen molar-refractivity contribution in [1.82, 2.24) is 24.3 Å². The van der Waals surface area contributed by atoms with Crippen molar-refractivity contribution in [1.29, 1.82) is 0 Å². The molecule has 4 rings (SSSR count). The average Bonchev–Trinajstić information content (AvgIpc) is 3.57. The van der Waals surface area contributed by atoms with Crippen molar-refractivity contribution in [3.05, 3.63) is 46.8 Å². The number of amides is 2. The van der Waals surface area contributed by atoms with Crippen molar-refractivity contribution in [2.75, 3.05) is 39.5 Å². The molecule has 11 heteroatoms. The van der Waals surface area contributed by atoms with Crippen LogP contribution < -0.4 is 10.1 Å². The summed E-state index contributed by atoms with van der Waals surface area (Å²) in [6.07, 6.45) is 3.39. The number of nitrogens with zero attached hydrogens (tertiary/aromatic N) is 4. The molecule has 1 aliphatic carbocycles. The van der Waals surface area contributed by atoms with E-state index in [0.29, 0.717) is 41.6 Å². The van der Waals surface area contributed by atoms with E-state index in [1.54, 1.807) is 34.8 Å². The summed E-state index contributed by atoms with van der Waals surface area (Å²) in [4.78, 5) is 27.5. The van der Waals surface area contributed by atoms with Crippen LogP contribution in [0.2, 0.25) is 0 Å². The molecule has 2 amide bonds. The number of piperazine rings is 1. The maximum Gasteiger partial charge on any atom is 0.269 e. The lowest BCUT2D eigenvalue weighted by molar-refractivity contribution is 0.0694. The molecule has 1 aromatic heterocycles. The Balaban J connectivity index is 1.45. The summed E-state index contributed by atoms with van der Waals surface area (Å²) in [5, 5.41) is 7.33. The second-order valence-electron chi connectivity index (χ2n) is 8.49. The summed E-state index contributed by atoms with van der Waals surface area (Å²) in [5.74, 6) is 0.387. The van der Waals surface area contributed by atoms with Gasteiger partial charge >= 0.3 is 0 Å². The van der Waals surface area contributed by atoms with Crippen molar-refractivity contribution < 1.29 is 22.7 Å². The SMILES string of the molecule is COc1c(CNC(=O)c2cc(C3CC3)nn2C)cccc1C(=O)N1CCN(S(C)(=O)=O)CC1. The van der Waals surface area contributed by atoms with Crippen LogP contribution in [0, 0.1) is 0 Å². The first kappa shape index (κ1) is 23.2. The number of aryl methyl sites for hydroxylation is 1. The van der Waals surface area contributed by atoms with Crippen LogP contribution in [0.5, 0.6) is 5.75 Å². The van der Waals surface area contributed by atoms with Crippen LogP contribution in [0.4, 0.5) is 0 Å². The third-order valence-electron chi connectivity index (χ3n) is 6.09. The maximum atomic E-state index is 13.1. The highest BCUT2D eigenvalue weighted by Gasteiger charge is 2.29. The molecule has 0 radical (unpaired) electrons. The van der Waals surface area contributed by atoms with E-state index >= 15 is 0 Å². The van der Waals surface area contributed by atoms with E-state index in [0.717, 1.165) is 18.5 Å². The molecule has 178 valence electrons. The predicted molar refractivity (Wildman–Crippen MR) is 122 cm³/mol. The van der Waals surface area contributed by atoms with Gasteiger partial charge in [0.15, 0.2) is 0 Å².